The fourth-order valence-corrected chi connectivity index (χ4v) is 2.87. The molecule has 0 aliphatic heterocycles. The van der Waals surface area contributed by atoms with Crippen LogP contribution in [0.3, 0.4) is 0 Å². The van der Waals surface area contributed by atoms with E-state index in [0.29, 0.717) is 23.4 Å². The molecule has 0 bridgehead atoms. The molecule has 4 heteroatoms. The summed E-state index contributed by atoms with van der Waals surface area (Å²) in [6.45, 7) is 12.0. The van der Waals surface area contributed by atoms with Gasteiger partial charge in [0.1, 0.15) is 0 Å². The van der Waals surface area contributed by atoms with Gasteiger partial charge in [0.25, 0.3) is 0 Å². The minimum absolute atomic E-state index is 0.418. The summed E-state index contributed by atoms with van der Waals surface area (Å²) in [5.74, 6) is 1.66. The Kier molecular flexibility index (Phi) is 3.41. The van der Waals surface area contributed by atoms with E-state index >= 15 is 0 Å². The highest BCUT2D eigenvalue weighted by molar-refractivity contribution is 5.26. The van der Waals surface area contributed by atoms with E-state index in [9.17, 15) is 0 Å². The molecule has 0 unspecified atom stereocenters. The lowest BCUT2D eigenvalue weighted by Crippen LogP contribution is -2.13. The maximum atomic E-state index is 5.04. The Morgan fingerprint density at radius 1 is 1.33 bits per heavy atom. The van der Waals surface area contributed by atoms with Crippen LogP contribution in [0.25, 0.3) is 0 Å². The van der Waals surface area contributed by atoms with Crippen LogP contribution in [0.1, 0.15) is 27.7 Å². The largest absolute Gasteiger partial charge is 0.383 e. The summed E-state index contributed by atoms with van der Waals surface area (Å²) in [5.41, 5.74) is 0.835. The van der Waals surface area contributed by atoms with E-state index in [-0.39, 0.29) is 0 Å². The van der Waals surface area contributed by atoms with E-state index in [1.165, 1.54) is 0 Å². The van der Waals surface area contributed by atoms with Crippen molar-refractivity contribution in [1.29, 1.82) is 0 Å². The van der Waals surface area contributed by atoms with Crippen LogP contribution < -0.4 is 5.32 Å². The quantitative estimate of drug-likeness (QED) is 0.790. The highest BCUT2D eigenvalue weighted by Crippen LogP contribution is 2.68. The van der Waals surface area contributed by atoms with Crippen molar-refractivity contribution in [1.82, 2.24) is 9.55 Å². The van der Waals surface area contributed by atoms with Gasteiger partial charge < -0.3 is 14.6 Å². The number of methoxy groups -OCH3 is 1. The van der Waals surface area contributed by atoms with Gasteiger partial charge in [0.15, 0.2) is 0 Å². The SMILES string of the molecule is COCCNc1nccn1CC1C(C)(C)C1(C)C. The van der Waals surface area contributed by atoms with E-state index < -0.39 is 0 Å². The van der Waals surface area contributed by atoms with Gasteiger partial charge in [0, 0.05) is 32.6 Å². The number of nitrogens with zero attached hydrogens (tertiary/aromatic N) is 2. The maximum absolute atomic E-state index is 5.04. The average molecular weight is 251 g/mol. The lowest BCUT2D eigenvalue weighted by molar-refractivity contribution is 0.210. The molecule has 1 N–H and O–H groups in total. The van der Waals surface area contributed by atoms with Gasteiger partial charge in [-0.3, -0.25) is 0 Å². The van der Waals surface area contributed by atoms with Crippen molar-refractivity contribution in [2.75, 3.05) is 25.6 Å². The third kappa shape index (κ3) is 2.14. The first-order valence-electron chi connectivity index (χ1n) is 6.65. The standard InChI is InChI=1S/C14H25N3O/c1-13(2)11(14(13,3)4)10-17-8-6-15-12(17)16-7-9-18-5/h6,8,11H,7,9-10H2,1-5H3,(H,15,16). The van der Waals surface area contributed by atoms with Crippen molar-refractivity contribution in [3.63, 3.8) is 0 Å². The second-order valence-electron chi connectivity index (χ2n) is 6.32. The van der Waals surface area contributed by atoms with Crippen LogP contribution in [-0.2, 0) is 11.3 Å². The molecule has 0 aromatic carbocycles. The number of imidazole rings is 1. The second kappa shape index (κ2) is 4.57. The Morgan fingerprint density at radius 3 is 2.56 bits per heavy atom. The van der Waals surface area contributed by atoms with Crippen LogP contribution >= 0.6 is 0 Å². The summed E-state index contributed by atoms with van der Waals surface area (Å²) in [4.78, 5) is 4.36. The van der Waals surface area contributed by atoms with Crippen molar-refractivity contribution < 1.29 is 4.74 Å². The Hall–Kier alpha value is -1.03. The summed E-state index contributed by atoms with van der Waals surface area (Å²) in [6.07, 6.45) is 3.91. The van der Waals surface area contributed by atoms with Gasteiger partial charge >= 0.3 is 0 Å². The molecule has 1 aliphatic carbocycles. The van der Waals surface area contributed by atoms with Gasteiger partial charge in [0.05, 0.1) is 6.61 Å². The van der Waals surface area contributed by atoms with E-state index in [0.717, 1.165) is 19.0 Å². The lowest BCUT2D eigenvalue weighted by atomic mass is 10.0. The van der Waals surface area contributed by atoms with E-state index in [4.69, 9.17) is 4.74 Å². The predicted octanol–water partition coefficient (Wildman–Crippen LogP) is 2.62. The molecule has 1 fully saturated rings. The topological polar surface area (TPSA) is 39.1 Å². The molecule has 1 aliphatic rings. The second-order valence-corrected chi connectivity index (χ2v) is 6.32. The van der Waals surface area contributed by atoms with E-state index in [1.54, 1.807) is 7.11 Å². The fourth-order valence-electron chi connectivity index (χ4n) is 2.87. The van der Waals surface area contributed by atoms with Gasteiger partial charge in [0.2, 0.25) is 5.95 Å². The molecule has 1 aromatic heterocycles. The maximum Gasteiger partial charge on any atom is 0.202 e. The fraction of sp³-hybridized carbons (Fsp3) is 0.786. The third-order valence-electron chi connectivity index (χ3n) is 5.00. The Bertz CT molecular complexity index is 395. The van der Waals surface area contributed by atoms with Crippen molar-refractivity contribution >= 4 is 5.95 Å². The molecular weight excluding hydrogens is 226 g/mol. The normalized spacial score (nSPS) is 20.9. The van der Waals surface area contributed by atoms with E-state index in [1.807, 2.05) is 6.20 Å². The Balaban J connectivity index is 1.97. The molecule has 2 rings (SSSR count). The van der Waals surface area contributed by atoms with Crippen molar-refractivity contribution in [2.24, 2.45) is 16.7 Å². The zero-order valence-corrected chi connectivity index (χ0v) is 12.2. The molecule has 0 amide bonds. The smallest absolute Gasteiger partial charge is 0.202 e. The van der Waals surface area contributed by atoms with Crippen molar-refractivity contribution in [3.8, 4) is 0 Å². The van der Waals surface area contributed by atoms with Crippen LogP contribution in [0, 0.1) is 16.7 Å². The zero-order valence-electron chi connectivity index (χ0n) is 12.2. The van der Waals surface area contributed by atoms with Crippen LogP contribution in [0.2, 0.25) is 0 Å². The summed E-state index contributed by atoms with van der Waals surface area (Å²) in [7, 11) is 1.71. The number of ether oxygens (including phenoxy) is 1. The summed E-state index contributed by atoms with van der Waals surface area (Å²) < 4.78 is 7.26. The van der Waals surface area contributed by atoms with Crippen LogP contribution in [0.5, 0.6) is 0 Å². The highest BCUT2D eigenvalue weighted by Gasteiger charge is 2.64. The molecule has 0 radical (unpaired) electrons. The minimum Gasteiger partial charge on any atom is -0.383 e. The number of anilines is 1. The van der Waals surface area contributed by atoms with Crippen LogP contribution in [-0.4, -0.2) is 29.8 Å². The summed E-state index contributed by atoms with van der Waals surface area (Å²) in [5, 5.41) is 3.31. The first-order chi connectivity index (χ1) is 8.41. The summed E-state index contributed by atoms with van der Waals surface area (Å²) >= 11 is 0. The molecular formula is C14H25N3O. The van der Waals surface area contributed by atoms with Gasteiger partial charge in [-0.25, -0.2) is 4.98 Å². The monoisotopic (exact) mass is 251 g/mol. The number of aromatic nitrogens is 2. The summed E-state index contributed by atoms with van der Waals surface area (Å²) in [6, 6.07) is 0. The Morgan fingerprint density at radius 2 is 2.00 bits per heavy atom. The third-order valence-corrected chi connectivity index (χ3v) is 5.00. The first-order valence-corrected chi connectivity index (χ1v) is 6.65. The molecule has 4 nitrogen and oxygen atoms in total. The number of rotatable bonds is 6. The number of hydrogen-bond acceptors (Lipinski definition) is 3. The molecule has 0 spiro atoms. The predicted molar refractivity (Wildman–Crippen MR) is 73.6 cm³/mol. The molecule has 18 heavy (non-hydrogen) atoms. The molecule has 102 valence electrons. The molecule has 0 saturated heterocycles. The Labute approximate surface area is 110 Å². The highest BCUT2D eigenvalue weighted by atomic mass is 16.5. The van der Waals surface area contributed by atoms with Crippen molar-refractivity contribution in [2.45, 2.75) is 34.2 Å². The first kappa shape index (κ1) is 13.4. The number of hydrogen-bond donors (Lipinski definition) is 1. The van der Waals surface area contributed by atoms with Gasteiger partial charge in [-0.2, -0.15) is 0 Å². The van der Waals surface area contributed by atoms with Crippen LogP contribution in [0.15, 0.2) is 12.4 Å². The van der Waals surface area contributed by atoms with E-state index in [2.05, 4.69) is 48.8 Å². The van der Waals surface area contributed by atoms with Gasteiger partial charge in [-0.1, -0.05) is 27.7 Å². The molecule has 1 heterocycles. The molecule has 1 saturated carbocycles. The zero-order chi connectivity index (χ0) is 13.4. The molecule has 0 atom stereocenters. The minimum atomic E-state index is 0.418. The molecule has 1 aromatic rings. The average Bonchev–Trinajstić information content (AvgIpc) is 2.68. The number of nitrogens with one attached hydrogen (secondary N) is 1. The van der Waals surface area contributed by atoms with Gasteiger partial charge in [-0.05, 0) is 16.7 Å². The lowest BCUT2D eigenvalue weighted by Gasteiger charge is -2.10. The van der Waals surface area contributed by atoms with Gasteiger partial charge in [-0.15, -0.1) is 0 Å². The van der Waals surface area contributed by atoms with Crippen molar-refractivity contribution in [3.05, 3.63) is 12.4 Å². The van der Waals surface area contributed by atoms with Crippen LogP contribution in [0.4, 0.5) is 5.95 Å².